The summed E-state index contributed by atoms with van der Waals surface area (Å²) in [6, 6.07) is 7.11. The molecule has 1 unspecified atom stereocenters. The largest absolute Gasteiger partial charge is 0.310 e. The summed E-state index contributed by atoms with van der Waals surface area (Å²) in [5, 5.41) is 3.45. The average molecular weight is 209 g/mol. The van der Waals surface area contributed by atoms with E-state index in [1.807, 2.05) is 6.07 Å². The van der Waals surface area contributed by atoms with Crippen molar-refractivity contribution in [1.29, 1.82) is 0 Å². The van der Waals surface area contributed by atoms with Gasteiger partial charge in [0.2, 0.25) is 0 Å². The summed E-state index contributed by atoms with van der Waals surface area (Å²) in [6.45, 7) is 7.41. The first-order chi connectivity index (χ1) is 7.15. The molecular formula is C13H20FN. The highest BCUT2D eigenvalue weighted by atomic mass is 19.1. The van der Waals surface area contributed by atoms with Crippen molar-refractivity contribution < 1.29 is 4.39 Å². The van der Waals surface area contributed by atoms with Gasteiger partial charge in [-0.2, -0.15) is 0 Å². The summed E-state index contributed by atoms with van der Waals surface area (Å²) in [7, 11) is 0. The van der Waals surface area contributed by atoms with E-state index >= 15 is 0 Å². The van der Waals surface area contributed by atoms with Gasteiger partial charge in [-0.3, -0.25) is 0 Å². The molecule has 2 heteroatoms. The van der Waals surface area contributed by atoms with E-state index in [0.29, 0.717) is 5.92 Å². The molecule has 0 spiro atoms. The molecule has 84 valence electrons. The van der Waals surface area contributed by atoms with Gasteiger partial charge >= 0.3 is 0 Å². The third-order valence-corrected chi connectivity index (χ3v) is 2.49. The Morgan fingerprint density at radius 1 is 1.33 bits per heavy atom. The van der Waals surface area contributed by atoms with E-state index in [9.17, 15) is 4.39 Å². The first-order valence-corrected chi connectivity index (χ1v) is 5.64. The SMILES string of the molecule is CCCNC(c1cccc(F)c1)C(C)C. The molecule has 1 atom stereocenters. The Labute approximate surface area is 91.7 Å². The van der Waals surface area contributed by atoms with Gasteiger partial charge in [-0.25, -0.2) is 4.39 Å². The summed E-state index contributed by atoms with van der Waals surface area (Å²) in [5.41, 5.74) is 1.04. The fraction of sp³-hybridized carbons (Fsp3) is 0.538. The summed E-state index contributed by atoms with van der Waals surface area (Å²) in [4.78, 5) is 0. The second kappa shape index (κ2) is 5.86. The minimum Gasteiger partial charge on any atom is -0.310 e. The molecule has 0 aliphatic carbocycles. The lowest BCUT2D eigenvalue weighted by Crippen LogP contribution is -2.26. The normalized spacial score (nSPS) is 13.1. The van der Waals surface area contributed by atoms with Crippen LogP contribution >= 0.6 is 0 Å². The van der Waals surface area contributed by atoms with Gasteiger partial charge in [-0.1, -0.05) is 32.9 Å². The van der Waals surface area contributed by atoms with Crippen LogP contribution in [0.1, 0.15) is 38.8 Å². The van der Waals surface area contributed by atoms with Crippen molar-refractivity contribution >= 4 is 0 Å². The highest BCUT2D eigenvalue weighted by Crippen LogP contribution is 2.21. The fourth-order valence-corrected chi connectivity index (χ4v) is 1.74. The molecule has 0 bridgehead atoms. The van der Waals surface area contributed by atoms with Crippen molar-refractivity contribution in [3.63, 3.8) is 0 Å². The van der Waals surface area contributed by atoms with Crippen LogP contribution in [0.5, 0.6) is 0 Å². The van der Waals surface area contributed by atoms with Crippen molar-refractivity contribution in [3.8, 4) is 0 Å². The van der Waals surface area contributed by atoms with E-state index in [1.54, 1.807) is 12.1 Å². The van der Waals surface area contributed by atoms with E-state index in [-0.39, 0.29) is 11.9 Å². The second-order valence-electron chi connectivity index (χ2n) is 4.23. The Morgan fingerprint density at radius 2 is 2.07 bits per heavy atom. The molecule has 15 heavy (non-hydrogen) atoms. The Balaban J connectivity index is 2.79. The minimum atomic E-state index is -0.156. The van der Waals surface area contributed by atoms with Gasteiger partial charge in [0.15, 0.2) is 0 Å². The van der Waals surface area contributed by atoms with E-state index in [4.69, 9.17) is 0 Å². The van der Waals surface area contributed by atoms with Gasteiger partial charge < -0.3 is 5.32 Å². The number of halogens is 1. The Kier molecular flexibility index (Phi) is 4.76. The summed E-state index contributed by atoms with van der Waals surface area (Å²) >= 11 is 0. The number of hydrogen-bond acceptors (Lipinski definition) is 1. The smallest absolute Gasteiger partial charge is 0.123 e. The Bertz CT molecular complexity index is 296. The van der Waals surface area contributed by atoms with Crippen LogP contribution in [0, 0.1) is 11.7 Å². The van der Waals surface area contributed by atoms with Crippen LogP contribution in [-0.2, 0) is 0 Å². The monoisotopic (exact) mass is 209 g/mol. The van der Waals surface area contributed by atoms with Gasteiger partial charge in [0, 0.05) is 6.04 Å². The van der Waals surface area contributed by atoms with Crippen LogP contribution in [-0.4, -0.2) is 6.54 Å². The molecule has 0 aliphatic rings. The molecule has 0 heterocycles. The zero-order valence-corrected chi connectivity index (χ0v) is 9.76. The highest BCUT2D eigenvalue weighted by Gasteiger charge is 2.14. The van der Waals surface area contributed by atoms with Gasteiger partial charge in [-0.15, -0.1) is 0 Å². The molecule has 0 aliphatic heterocycles. The maximum atomic E-state index is 13.1. The van der Waals surface area contributed by atoms with Crippen LogP contribution in [0.2, 0.25) is 0 Å². The summed E-state index contributed by atoms with van der Waals surface area (Å²) in [6.07, 6.45) is 1.10. The van der Waals surface area contributed by atoms with Crippen molar-refractivity contribution in [2.45, 2.75) is 33.2 Å². The van der Waals surface area contributed by atoms with Gasteiger partial charge in [0.25, 0.3) is 0 Å². The maximum Gasteiger partial charge on any atom is 0.123 e. The van der Waals surface area contributed by atoms with E-state index < -0.39 is 0 Å². The molecule has 0 amide bonds. The topological polar surface area (TPSA) is 12.0 Å². The number of hydrogen-bond donors (Lipinski definition) is 1. The first kappa shape index (κ1) is 12.2. The van der Waals surface area contributed by atoms with E-state index in [2.05, 4.69) is 26.1 Å². The minimum absolute atomic E-state index is 0.156. The molecule has 1 aromatic rings. The lowest BCUT2D eigenvalue weighted by Gasteiger charge is -2.22. The van der Waals surface area contributed by atoms with Crippen LogP contribution in [0.3, 0.4) is 0 Å². The number of benzene rings is 1. The highest BCUT2D eigenvalue weighted by molar-refractivity contribution is 5.20. The first-order valence-electron chi connectivity index (χ1n) is 5.64. The Hall–Kier alpha value is -0.890. The van der Waals surface area contributed by atoms with Crippen molar-refractivity contribution in [1.82, 2.24) is 5.32 Å². The van der Waals surface area contributed by atoms with Crippen LogP contribution in [0.4, 0.5) is 4.39 Å². The lowest BCUT2D eigenvalue weighted by atomic mass is 9.96. The third kappa shape index (κ3) is 3.63. The molecule has 1 aromatic carbocycles. The van der Waals surface area contributed by atoms with Crippen LogP contribution in [0.25, 0.3) is 0 Å². The quantitative estimate of drug-likeness (QED) is 0.782. The van der Waals surface area contributed by atoms with Gasteiger partial charge in [0.1, 0.15) is 5.82 Å². The van der Waals surface area contributed by atoms with E-state index in [1.165, 1.54) is 6.07 Å². The zero-order chi connectivity index (χ0) is 11.3. The predicted octanol–water partition coefficient (Wildman–Crippen LogP) is 3.52. The zero-order valence-electron chi connectivity index (χ0n) is 9.76. The molecule has 0 aromatic heterocycles. The summed E-state index contributed by atoms with van der Waals surface area (Å²) in [5.74, 6) is 0.315. The molecule has 0 radical (unpaired) electrons. The third-order valence-electron chi connectivity index (χ3n) is 2.49. The van der Waals surface area contributed by atoms with Gasteiger partial charge in [0.05, 0.1) is 0 Å². The standard InChI is InChI=1S/C13H20FN/c1-4-8-15-13(10(2)3)11-6-5-7-12(14)9-11/h5-7,9-10,13,15H,4,8H2,1-3H3. The molecular weight excluding hydrogens is 189 g/mol. The molecule has 1 N–H and O–H groups in total. The van der Waals surface area contributed by atoms with Gasteiger partial charge in [-0.05, 0) is 36.6 Å². The molecule has 0 saturated heterocycles. The second-order valence-corrected chi connectivity index (χ2v) is 4.23. The summed E-state index contributed by atoms with van der Waals surface area (Å²) < 4.78 is 13.1. The predicted molar refractivity (Wildman–Crippen MR) is 62.3 cm³/mol. The van der Waals surface area contributed by atoms with Crippen molar-refractivity contribution in [2.75, 3.05) is 6.54 Å². The van der Waals surface area contributed by atoms with Crippen molar-refractivity contribution in [3.05, 3.63) is 35.6 Å². The van der Waals surface area contributed by atoms with Crippen LogP contribution in [0.15, 0.2) is 24.3 Å². The lowest BCUT2D eigenvalue weighted by molar-refractivity contribution is 0.411. The number of rotatable bonds is 5. The molecule has 1 rings (SSSR count). The number of nitrogens with one attached hydrogen (secondary N) is 1. The average Bonchev–Trinajstić information content (AvgIpc) is 2.18. The fourth-order valence-electron chi connectivity index (χ4n) is 1.74. The van der Waals surface area contributed by atoms with E-state index in [0.717, 1.165) is 18.5 Å². The molecule has 1 nitrogen and oxygen atoms in total. The van der Waals surface area contributed by atoms with Crippen molar-refractivity contribution in [2.24, 2.45) is 5.92 Å². The molecule has 0 saturated carbocycles. The van der Waals surface area contributed by atoms with Crippen LogP contribution < -0.4 is 5.32 Å². The maximum absolute atomic E-state index is 13.1. The Morgan fingerprint density at radius 3 is 2.60 bits per heavy atom. The molecule has 0 fully saturated rings.